The lowest BCUT2D eigenvalue weighted by Gasteiger charge is -2.32. The van der Waals surface area contributed by atoms with E-state index >= 15 is 0 Å². The van der Waals surface area contributed by atoms with E-state index in [1.54, 1.807) is 26.2 Å². The zero-order valence-electron chi connectivity index (χ0n) is 17.7. The number of morpholine rings is 1. The molecule has 2 heterocycles. The quantitative estimate of drug-likeness (QED) is 0.539. The van der Waals surface area contributed by atoms with Crippen LogP contribution in [0.2, 0.25) is 0 Å². The summed E-state index contributed by atoms with van der Waals surface area (Å²) in [5, 5.41) is 3.37. The summed E-state index contributed by atoms with van der Waals surface area (Å²) < 4.78 is 32.0. The molecular formula is C20H33N5O3S. The van der Waals surface area contributed by atoms with Gasteiger partial charge >= 0.3 is 0 Å². The molecule has 9 heteroatoms. The van der Waals surface area contributed by atoms with Crippen molar-refractivity contribution >= 4 is 16.0 Å². The fourth-order valence-electron chi connectivity index (χ4n) is 3.84. The number of benzene rings is 1. The summed E-state index contributed by atoms with van der Waals surface area (Å²) in [7, 11) is -0.396. The molecule has 0 saturated carbocycles. The zero-order valence-corrected chi connectivity index (χ0v) is 18.5. The molecule has 1 unspecified atom stereocenters. The van der Waals surface area contributed by atoms with E-state index in [1.807, 2.05) is 12.1 Å². The Morgan fingerprint density at radius 3 is 2.66 bits per heavy atom. The van der Waals surface area contributed by atoms with Crippen molar-refractivity contribution in [2.75, 3.05) is 60.0 Å². The van der Waals surface area contributed by atoms with Gasteiger partial charge in [-0.25, -0.2) is 17.7 Å². The molecule has 2 aliphatic rings. The predicted octanol–water partition coefficient (Wildman–Crippen LogP) is 0.809. The second-order valence-electron chi connectivity index (χ2n) is 7.60. The molecule has 0 amide bonds. The zero-order chi connectivity index (χ0) is 20.9. The Bertz CT molecular complexity index is 806. The molecule has 8 nitrogen and oxygen atoms in total. The minimum Gasteiger partial charge on any atom is -0.379 e. The Hall–Kier alpha value is -1.68. The van der Waals surface area contributed by atoms with Gasteiger partial charge in [-0.05, 0) is 25.0 Å². The van der Waals surface area contributed by atoms with Gasteiger partial charge in [0, 0.05) is 52.9 Å². The van der Waals surface area contributed by atoms with Crippen molar-refractivity contribution in [2.24, 2.45) is 4.99 Å². The maximum atomic E-state index is 12.6. The molecule has 0 radical (unpaired) electrons. The van der Waals surface area contributed by atoms with Crippen LogP contribution in [0.3, 0.4) is 0 Å². The highest BCUT2D eigenvalue weighted by Gasteiger charge is 2.30. The maximum Gasteiger partial charge on any atom is 0.242 e. The summed E-state index contributed by atoms with van der Waals surface area (Å²) in [4.78, 5) is 9.89. The molecule has 2 aliphatic heterocycles. The first-order valence-corrected chi connectivity index (χ1v) is 11.7. The summed E-state index contributed by atoms with van der Waals surface area (Å²) in [5.74, 6) is 0.848. The number of rotatable bonds is 6. The third kappa shape index (κ3) is 5.28. The highest BCUT2D eigenvalue weighted by atomic mass is 32.2. The van der Waals surface area contributed by atoms with E-state index in [9.17, 15) is 8.42 Å². The lowest BCUT2D eigenvalue weighted by Crippen LogP contribution is -2.46. The summed E-state index contributed by atoms with van der Waals surface area (Å²) in [6.07, 6.45) is 1.11. The van der Waals surface area contributed by atoms with Crippen molar-refractivity contribution in [3.8, 4) is 0 Å². The SMILES string of the molecule is CCNC(=NCc1ccccc1S(=O)(=O)N(C)C)N1CCC(N2CCOCC2)C1. The second kappa shape index (κ2) is 9.88. The fourth-order valence-corrected chi connectivity index (χ4v) is 4.95. The molecule has 2 saturated heterocycles. The van der Waals surface area contributed by atoms with Crippen LogP contribution < -0.4 is 5.32 Å². The lowest BCUT2D eigenvalue weighted by molar-refractivity contribution is 0.0195. The van der Waals surface area contributed by atoms with Crippen LogP contribution in [-0.4, -0.2) is 94.6 Å². The lowest BCUT2D eigenvalue weighted by atomic mass is 10.2. The molecule has 0 aromatic heterocycles. The van der Waals surface area contributed by atoms with Gasteiger partial charge in [-0.15, -0.1) is 0 Å². The van der Waals surface area contributed by atoms with Crippen LogP contribution >= 0.6 is 0 Å². The number of sulfonamides is 1. The molecule has 1 aromatic carbocycles. The number of hydrogen-bond donors (Lipinski definition) is 1. The van der Waals surface area contributed by atoms with Gasteiger partial charge in [0.2, 0.25) is 10.0 Å². The van der Waals surface area contributed by atoms with E-state index in [4.69, 9.17) is 9.73 Å². The fraction of sp³-hybridized carbons (Fsp3) is 0.650. The molecule has 0 aliphatic carbocycles. The van der Waals surface area contributed by atoms with E-state index in [-0.39, 0.29) is 0 Å². The Morgan fingerprint density at radius 1 is 1.24 bits per heavy atom. The maximum absolute atomic E-state index is 12.6. The number of aliphatic imine (C=N–C) groups is 1. The average molecular weight is 424 g/mol. The van der Waals surface area contributed by atoms with Gasteiger partial charge in [0.05, 0.1) is 24.7 Å². The minimum absolute atomic E-state index is 0.317. The number of nitrogens with zero attached hydrogens (tertiary/aromatic N) is 4. The van der Waals surface area contributed by atoms with Gasteiger partial charge in [-0.1, -0.05) is 18.2 Å². The van der Waals surface area contributed by atoms with Gasteiger partial charge < -0.3 is 15.0 Å². The van der Waals surface area contributed by atoms with E-state index in [1.165, 1.54) is 4.31 Å². The Kier molecular flexibility index (Phi) is 7.50. The van der Waals surface area contributed by atoms with Crippen LogP contribution in [0.15, 0.2) is 34.2 Å². The Labute approximate surface area is 174 Å². The summed E-state index contributed by atoms with van der Waals surface area (Å²) >= 11 is 0. The van der Waals surface area contributed by atoms with Crippen molar-refractivity contribution in [1.82, 2.24) is 19.4 Å². The monoisotopic (exact) mass is 423 g/mol. The number of hydrogen-bond acceptors (Lipinski definition) is 5. The van der Waals surface area contributed by atoms with Crippen LogP contribution in [0.4, 0.5) is 0 Å². The van der Waals surface area contributed by atoms with E-state index in [0.717, 1.165) is 58.3 Å². The number of nitrogens with one attached hydrogen (secondary N) is 1. The number of guanidine groups is 1. The van der Waals surface area contributed by atoms with Crippen LogP contribution in [-0.2, 0) is 21.3 Å². The van der Waals surface area contributed by atoms with Crippen LogP contribution in [0.25, 0.3) is 0 Å². The third-order valence-electron chi connectivity index (χ3n) is 5.49. The van der Waals surface area contributed by atoms with E-state index < -0.39 is 10.0 Å². The second-order valence-corrected chi connectivity index (χ2v) is 9.72. The van der Waals surface area contributed by atoms with Gasteiger partial charge in [-0.2, -0.15) is 0 Å². The first-order valence-electron chi connectivity index (χ1n) is 10.3. The highest BCUT2D eigenvalue weighted by Crippen LogP contribution is 2.20. The molecule has 1 atom stereocenters. The number of ether oxygens (including phenoxy) is 1. The van der Waals surface area contributed by atoms with Crippen LogP contribution in [0.5, 0.6) is 0 Å². The molecule has 0 bridgehead atoms. The van der Waals surface area contributed by atoms with Crippen molar-refractivity contribution in [2.45, 2.75) is 30.8 Å². The average Bonchev–Trinajstić information content (AvgIpc) is 3.22. The normalized spacial score (nSPS) is 21.7. The van der Waals surface area contributed by atoms with Gasteiger partial charge in [0.25, 0.3) is 0 Å². The van der Waals surface area contributed by atoms with Crippen molar-refractivity contribution in [1.29, 1.82) is 0 Å². The minimum atomic E-state index is -3.50. The molecule has 2 fully saturated rings. The molecule has 162 valence electrons. The molecule has 29 heavy (non-hydrogen) atoms. The molecular weight excluding hydrogens is 390 g/mol. The molecule has 1 N–H and O–H groups in total. The van der Waals surface area contributed by atoms with E-state index in [0.29, 0.717) is 23.0 Å². The predicted molar refractivity (Wildman–Crippen MR) is 115 cm³/mol. The van der Waals surface area contributed by atoms with Gasteiger partial charge in [0.15, 0.2) is 5.96 Å². The smallest absolute Gasteiger partial charge is 0.242 e. The number of likely N-dealkylation sites (tertiary alicyclic amines) is 1. The van der Waals surface area contributed by atoms with Gasteiger partial charge in [0.1, 0.15) is 0 Å². The standard InChI is InChI=1S/C20H33N5O3S/c1-4-21-20(25-10-9-18(16-25)24-11-13-28-14-12-24)22-15-17-7-5-6-8-19(17)29(26,27)23(2)3/h5-8,18H,4,9-16H2,1-3H3,(H,21,22). The highest BCUT2D eigenvalue weighted by molar-refractivity contribution is 7.89. The summed E-state index contributed by atoms with van der Waals surface area (Å²) in [6, 6.07) is 7.62. The largest absolute Gasteiger partial charge is 0.379 e. The van der Waals surface area contributed by atoms with E-state index in [2.05, 4.69) is 22.0 Å². The third-order valence-corrected chi connectivity index (χ3v) is 7.41. The molecule has 3 rings (SSSR count). The van der Waals surface area contributed by atoms with Crippen LogP contribution in [0, 0.1) is 0 Å². The van der Waals surface area contributed by atoms with Crippen LogP contribution in [0.1, 0.15) is 18.9 Å². The first kappa shape index (κ1) is 22.0. The topological polar surface area (TPSA) is 77.5 Å². The summed E-state index contributed by atoms with van der Waals surface area (Å²) in [5.41, 5.74) is 0.709. The Morgan fingerprint density at radius 2 is 1.97 bits per heavy atom. The van der Waals surface area contributed by atoms with Crippen molar-refractivity contribution < 1.29 is 13.2 Å². The van der Waals surface area contributed by atoms with Crippen molar-refractivity contribution in [3.05, 3.63) is 29.8 Å². The Balaban J connectivity index is 1.74. The van der Waals surface area contributed by atoms with Crippen molar-refractivity contribution in [3.63, 3.8) is 0 Å². The first-order chi connectivity index (χ1) is 13.9. The summed E-state index contributed by atoms with van der Waals surface area (Å²) in [6.45, 7) is 8.62. The van der Waals surface area contributed by atoms with Gasteiger partial charge in [-0.3, -0.25) is 4.90 Å². The molecule has 1 aromatic rings. The molecule has 0 spiro atoms.